The minimum Gasteiger partial charge on any atom is -0.378 e. The number of rotatable bonds is 3. The van der Waals surface area contributed by atoms with Gasteiger partial charge in [0.2, 0.25) is 5.91 Å². The molecule has 0 unspecified atom stereocenters. The van der Waals surface area contributed by atoms with Crippen LogP contribution in [0.4, 0.5) is 11.4 Å². The molecule has 4 nitrogen and oxygen atoms in total. The molecule has 0 radical (unpaired) electrons. The van der Waals surface area contributed by atoms with Crippen molar-refractivity contribution in [3.05, 3.63) is 35.4 Å². The Balaban J connectivity index is 1.77. The first-order chi connectivity index (χ1) is 10.7. The molecule has 0 bridgehead atoms. The van der Waals surface area contributed by atoms with Gasteiger partial charge < -0.3 is 15.0 Å². The van der Waals surface area contributed by atoms with Crippen molar-refractivity contribution in [2.45, 2.75) is 19.3 Å². The second-order valence-electron chi connectivity index (χ2n) is 5.73. The molecule has 118 valence electrons. The van der Waals surface area contributed by atoms with E-state index in [-0.39, 0.29) is 11.8 Å². The number of halogens is 1. The van der Waals surface area contributed by atoms with Crippen LogP contribution in [0.15, 0.2) is 30.4 Å². The number of hydrogen-bond acceptors (Lipinski definition) is 3. The topological polar surface area (TPSA) is 41.6 Å². The van der Waals surface area contributed by atoms with Gasteiger partial charge in [-0.3, -0.25) is 4.79 Å². The summed E-state index contributed by atoms with van der Waals surface area (Å²) in [5, 5.41) is 3.71. The van der Waals surface area contributed by atoms with Crippen molar-refractivity contribution in [3.63, 3.8) is 0 Å². The maximum atomic E-state index is 12.5. The minimum absolute atomic E-state index is 0.0570. The molecule has 1 saturated heterocycles. The predicted molar refractivity (Wildman–Crippen MR) is 89.6 cm³/mol. The average Bonchev–Trinajstić information content (AvgIpc) is 2.56. The van der Waals surface area contributed by atoms with Crippen LogP contribution in [0.1, 0.15) is 19.3 Å². The summed E-state index contributed by atoms with van der Waals surface area (Å²) in [5.74, 6) is 0.141. The second kappa shape index (κ2) is 7.16. The Morgan fingerprint density at radius 2 is 2.09 bits per heavy atom. The minimum atomic E-state index is 0.0570. The Hall–Kier alpha value is -1.52. The van der Waals surface area contributed by atoms with Crippen molar-refractivity contribution < 1.29 is 9.53 Å². The molecule has 0 aromatic heterocycles. The number of hydrogen-bond donors (Lipinski definition) is 1. The van der Waals surface area contributed by atoms with E-state index in [1.54, 1.807) is 0 Å². The number of nitrogens with zero attached hydrogens (tertiary/aromatic N) is 1. The van der Waals surface area contributed by atoms with Crippen LogP contribution in [0.2, 0.25) is 5.02 Å². The third-order valence-electron chi connectivity index (χ3n) is 4.21. The van der Waals surface area contributed by atoms with Gasteiger partial charge in [-0.05, 0) is 37.5 Å². The zero-order chi connectivity index (χ0) is 15.4. The van der Waals surface area contributed by atoms with Crippen LogP contribution < -0.4 is 10.2 Å². The summed E-state index contributed by atoms with van der Waals surface area (Å²) in [7, 11) is 0. The first-order valence-corrected chi connectivity index (χ1v) is 8.20. The quantitative estimate of drug-likeness (QED) is 0.867. The van der Waals surface area contributed by atoms with Crippen LogP contribution in [0, 0.1) is 5.92 Å². The number of amides is 1. The molecule has 5 heteroatoms. The number of morpholine rings is 1. The first-order valence-electron chi connectivity index (χ1n) is 7.82. The standard InChI is InChI=1S/C17H21ClN2O2/c18-14-6-7-16(20-8-10-22-11-9-20)15(12-14)19-17(21)13-4-2-1-3-5-13/h1-2,6-7,12-13H,3-5,8-11H2,(H,19,21)/t13-/m0/s1. The van der Waals surface area contributed by atoms with Gasteiger partial charge in [0.15, 0.2) is 0 Å². The third-order valence-corrected chi connectivity index (χ3v) is 4.44. The summed E-state index contributed by atoms with van der Waals surface area (Å²) in [6.07, 6.45) is 6.94. The SMILES string of the molecule is O=C(Nc1cc(Cl)ccc1N1CCOCC1)[C@H]1CC=CCC1. The Kier molecular flexibility index (Phi) is 5.01. The molecule has 1 atom stereocenters. The number of benzene rings is 1. The highest BCUT2D eigenvalue weighted by atomic mass is 35.5. The van der Waals surface area contributed by atoms with E-state index >= 15 is 0 Å². The molecule has 1 fully saturated rings. The summed E-state index contributed by atoms with van der Waals surface area (Å²) in [4.78, 5) is 14.7. The zero-order valence-corrected chi connectivity index (χ0v) is 13.3. The number of nitrogens with one attached hydrogen (secondary N) is 1. The highest BCUT2D eigenvalue weighted by Gasteiger charge is 2.21. The number of carbonyl (C=O) groups excluding carboxylic acids is 1. The zero-order valence-electron chi connectivity index (χ0n) is 12.6. The Bertz CT molecular complexity index is 568. The molecule has 22 heavy (non-hydrogen) atoms. The first kappa shape index (κ1) is 15.4. The predicted octanol–water partition coefficient (Wildman–Crippen LogP) is 3.47. The van der Waals surface area contributed by atoms with Crippen molar-refractivity contribution in [2.75, 3.05) is 36.5 Å². The van der Waals surface area contributed by atoms with Crippen molar-refractivity contribution in [2.24, 2.45) is 5.92 Å². The molecule has 1 N–H and O–H groups in total. The van der Waals surface area contributed by atoms with E-state index in [1.807, 2.05) is 18.2 Å². The molecule has 1 heterocycles. The molecule has 1 aliphatic heterocycles. The van der Waals surface area contributed by atoms with E-state index in [4.69, 9.17) is 16.3 Å². The molecule has 3 rings (SSSR count). The summed E-state index contributed by atoms with van der Waals surface area (Å²) < 4.78 is 5.40. The smallest absolute Gasteiger partial charge is 0.227 e. The Morgan fingerprint density at radius 1 is 1.27 bits per heavy atom. The fourth-order valence-electron chi connectivity index (χ4n) is 2.95. The van der Waals surface area contributed by atoms with Crippen LogP contribution in [0.5, 0.6) is 0 Å². The average molecular weight is 321 g/mol. The lowest BCUT2D eigenvalue weighted by molar-refractivity contribution is -0.120. The van der Waals surface area contributed by atoms with Crippen LogP contribution in [-0.4, -0.2) is 32.2 Å². The summed E-state index contributed by atoms with van der Waals surface area (Å²) in [6.45, 7) is 3.08. The van der Waals surface area contributed by atoms with E-state index < -0.39 is 0 Å². The lowest BCUT2D eigenvalue weighted by Crippen LogP contribution is -2.37. The normalized spacial score (nSPS) is 21.7. The molecule has 0 spiro atoms. The molecule has 1 aromatic rings. The fourth-order valence-corrected chi connectivity index (χ4v) is 3.13. The number of ether oxygens (including phenoxy) is 1. The van der Waals surface area contributed by atoms with Gasteiger partial charge in [0.05, 0.1) is 24.6 Å². The van der Waals surface area contributed by atoms with Gasteiger partial charge in [0.1, 0.15) is 0 Å². The van der Waals surface area contributed by atoms with Gasteiger partial charge in [-0.1, -0.05) is 23.8 Å². The van der Waals surface area contributed by atoms with Gasteiger partial charge in [-0.2, -0.15) is 0 Å². The highest BCUT2D eigenvalue weighted by Crippen LogP contribution is 2.31. The van der Waals surface area contributed by atoms with Crippen LogP contribution in [0.25, 0.3) is 0 Å². The highest BCUT2D eigenvalue weighted by molar-refractivity contribution is 6.31. The lowest BCUT2D eigenvalue weighted by Gasteiger charge is -2.31. The van der Waals surface area contributed by atoms with Crippen molar-refractivity contribution >= 4 is 28.9 Å². The molecule has 0 saturated carbocycles. The molecule has 2 aliphatic rings. The molecular weight excluding hydrogens is 300 g/mol. The Morgan fingerprint density at radius 3 is 2.82 bits per heavy atom. The molecule has 1 amide bonds. The van der Waals surface area contributed by atoms with Gasteiger partial charge >= 0.3 is 0 Å². The van der Waals surface area contributed by atoms with E-state index in [1.165, 1.54) is 0 Å². The van der Waals surface area contributed by atoms with Crippen molar-refractivity contribution in [3.8, 4) is 0 Å². The van der Waals surface area contributed by atoms with Gasteiger partial charge in [0, 0.05) is 24.0 Å². The monoisotopic (exact) mass is 320 g/mol. The maximum Gasteiger partial charge on any atom is 0.227 e. The van der Waals surface area contributed by atoms with Gasteiger partial charge in [-0.15, -0.1) is 0 Å². The molecule has 1 aromatic carbocycles. The van der Waals surface area contributed by atoms with Crippen molar-refractivity contribution in [1.82, 2.24) is 0 Å². The number of carbonyl (C=O) groups is 1. The summed E-state index contributed by atoms with van der Waals surface area (Å²) >= 11 is 6.12. The van der Waals surface area contributed by atoms with Crippen molar-refractivity contribution in [1.29, 1.82) is 0 Å². The van der Waals surface area contributed by atoms with E-state index in [0.717, 1.165) is 43.7 Å². The second-order valence-corrected chi connectivity index (χ2v) is 6.17. The van der Waals surface area contributed by atoms with Crippen LogP contribution in [0.3, 0.4) is 0 Å². The molecular formula is C17H21ClN2O2. The van der Waals surface area contributed by atoms with Gasteiger partial charge in [-0.25, -0.2) is 0 Å². The number of allylic oxidation sites excluding steroid dienone is 2. The van der Waals surface area contributed by atoms with Gasteiger partial charge in [0.25, 0.3) is 0 Å². The third kappa shape index (κ3) is 3.62. The lowest BCUT2D eigenvalue weighted by atomic mass is 9.93. The fraction of sp³-hybridized carbons (Fsp3) is 0.471. The summed E-state index contributed by atoms with van der Waals surface area (Å²) in [5.41, 5.74) is 1.82. The van der Waals surface area contributed by atoms with E-state index in [2.05, 4.69) is 22.4 Å². The maximum absolute atomic E-state index is 12.5. The summed E-state index contributed by atoms with van der Waals surface area (Å²) in [6, 6.07) is 5.68. The van der Waals surface area contributed by atoms with Crippen LogP contribution >= 0.6 is 11.6 Å². The Labute approximate surface area is 136 Å². The van der Waals surface area contributed by atoms with Crippen LogP contribution in [-0.2, 0) is 9.53 Å². The van der Waals surface area contributed by atoms with E-state index in [0.29, 0.717) is 18.2 Å². The largest absolute Gasteiger partial charge is 0.378 e. The van der Waals surface area contributed by atoms with E-state index in [9.17, 15) is 4.79 Å². The molecule has 1 aliphatic carbocycles. The number of anilines is 2.